The fourth-order valence-electron chi connectivity index (χ4n) is 3.99. The molecule has 3 aromatic carbocycles. The molecule has 0 bridgehead atoms. The van der Waals surface area contributed by atoms with Crippen molar-refractivity contribution in [2.75, 3.05) is 40.4 Å². The Hall–Kier alpha value is -2.41. The Bertz CT molecular complexity index is 1050. The van der Waals surface area contributed by atoms with Crippen molar-refractivity contribution in [2.24, 2.45) is 0 Å². The van der Waals surface area contributed by atoms with Crippen LogP contribution in [0.5, 0.6) is 11.5 Å². The molecule has 0 fully saturated rings. The molecule has 0 saturated heterocycles. The molecule has 0 aliphatic carbocycles. The molecule has 0 aromatic heterocycles. The zero-order valence-corrected chi connectivity index (χ0v) is 21.1. The summed E-state index contributed by atoms with van der Waals surface area (Å²) in [5, 5.41) is 2.26. The van der Waals surface area contributed by atoms with Gasteiger partial charge in [-0.05, 0) is 73.1 Å². The Balaban J connectivity index is 1.79. The van der Waals surface area contributed by atoms with Crippen LogP contribution in [0.2, 0.25) is 0 Å². The molecule has 6 heteroatoms. The maximum absolute atomic E-state index is 13.7. The molecule has 0 radical (unpaired) electrons. The summed E-state index contributed by atoms with van der Waals surface area (Å²) in [7, 11) is 2.01. The van der Waals surface area contributed by atoms with Crippen LogP contribution >= 0.6 is 0 Å². The van der Waals surface area contributed by atoms with Crippen LogP contribution in [0.3, 0.4) is 0 Å². The number of unbranched alkanes of at least 4 members (excludes halogenated alkanes) is 1. The van der Waals surface area contributed by atoms with Crippen molar-refractivity contribution in [3.05, 3.63) is 66.2 Å². The average Bonchev–Trinajstić information content (AvgIpc) is 2.87. The maximum Gasteiger partial charge on any atom is 0.161 e. The first-order valence-electron chi connectivity index (χ1n) is 11.7. The molecule has 1 unspecified atom stereocenters. The largest absolute Gasteiger partial charge is 0.493 e. The van der Waals surface area contributed by atoms with Gasteiger partial charge < -0.3 is 14.4 Å². The lowest BCUT2D eigenvalue weighted by atomic mass is 10.1. The molecule has 1 atom stereocenters. The quantitative estimate of drug-likeness (QED) is 0.311. The molecule has 0 spiro atoms. The van der Waals surface area contributed by atoms with Gasteiger partial charge in [-0.2, -0.15) is 0 Å². The van der Waals surface area contributed by atoms with Crippen molar-refractivity contribution >= 4 is 21.8 Å². The van der Waals surface area contributed by atoms with Crippen molar-refractivity contribution in [1.29, 1.82) is 0 Å². The van der Waals surface area contributed by atoms with Crippen LogP contribution in [0.1, 0.15) is 32.3 Å². The van der Waals surface area contributed by atoms with Crippen LogP contribution in [0.4, 0.5) is 0 Å². The van der Waals surface area contributed by atoms with Gasteiger partial charge in [0, 0.05) is 13.1 Å². The summed E-state index contributed by atoms with van der Waals surface area (Å²) in [6.45, 7) is 8.92. The Labute approximate surface area is 200 Å². The minimum absolute atomic E-state index is 0.574. The van der Waals surface area contributed by atoms with Gasteiger partial charge in [-0.15, -0.1) is 0 Å². The maximum atomic E-state index is 13.7. The second kappa shape index (κ2) is 12.7. The standard InChI is InChI=1S/C27H36N2O3S/c1-5-28(6-2)17-9-10-18-29(21-22-13-16-26(31-3)27(19-22)32-4)33(30)25-15-14-23-11-7-8-12-24(23)20-25/h7-8,11-16,19-20H,5-6,9-10,17-18,21H2,1-4H3. The predicted molar refractivity (Wildman–Crippen MR) is 137 cm³/mol. The number of nitrogens with zero attached hydrogens (tertiary/aromatic N) is 2. The van der Waals surface area contributed by atoms with Crippen LogP contribution < -0.4 is 9.47 Å². The highest BCUT2D eigenvalue weighted by Gasteiger charge is 2.17. The molecule has 178 valence electrons. The van der Waals surface area contributed by atoms with E-state index in [4.69, 9.17) is 9.47 Å². The predicted octanol–water partition coefficient (Wildman–Crippen LogP) is 5.50. The average molecular weight is 469 g/mol. The molecule has 0 saturated carbocycles. The summed E-state index contributed by atoms with van der Waals surface area (Å²) in [6.07, 6.45) is 2.07. The second-order valence-corrected chi connectivity index (χ2v) is 9.53. The molecule has 0 amide bonds. The normalized spacial score (nSPS) is 12.4. The van der Waals surface area contributed by atoms with Gasteiger partial charge in [0.1, 0.15) is 11.0 Å². The molecule has 0 aliphatic rings. The van der Waals surface area contributed by atoms with Crippen molar-refractivity contribution in [1.82, 2.24) is 9.21 Å². The number of hydrogen-bond donors (Lipinski definition) is 0. The minimum atomic E-state index is -1.26. The fraction of sp³-hybridized carbons (Fsp3) is 0.407. The van der Waals surface area contributed by atoms with E-state index in [1.807, 2.05) is 42.5 Å². The van der Waals surface area contributed by atoms with Crippen molar-refractivity contribution in [3.8, 4) is 11.5 Å². The fourth-order valence-corrected chi connectivity index (χ4v) is 5.26. The monoisotopic (exact) mass is 468 g/mol. The van der Waals surface area contributed by atoms with Gasteiger partial charge in [-0.3, -0.25) is 0 Å². The van der Waals surface area contributed by atoms with Crippen molar-refractivity contribution < 1.29 is 13.7 Å². The lowest BCUT2D eigenvalue weighted by molar-refractivity contribution is 0.290. The molecule has 33 heavy (non-hydrogen) atoms. The summed E-state index contributed by atoms with van der Waals surface area (Å²) < 4.78 is 26.6. The summed E-state index contributed by atoms with van der Waals surface area (Å²) in [4.78, 5) is 3.26. The molecule has 3 aromatic rings. The number of benzene rings is 3. The Morgan fingerprint density at radius 1 is 0.788 bits per heavy atom. The van der Waals surface area contributed by atoms with E-state index in [9.17, 15) is 4.21 Å². The Morgan fingerprint density at radius 2 is 1.48 bits per heavy atom. The van der Waals surface area contributed by atoms with Crippen molar-refractivity contribution in [3.63, 3.8) is 0 Å². The molecule has 0 N–H and O–H groups in total. The third-order valence-electron chi connectivity index (χ3n) is 5.99. The first-order valence-corrected chi connectivity index (χ1v) is 12.8. The Kier molecular flexibility index (Phi) is 9.73. The number of methoxy groups -OCH3 is 2. The van der Waals surface area contributed by atoms with Crippen LogP contribution in [0, 0.1) is 0 Å². The van der Waals surface area contributed by atoms with E-state index in [0.717, 1.165) is 60.3 Å². The third kappa shape index (κ3) is 6.79. The third-order valence-corrected chi connectivity index (χ3v) is 7.43. The van der Waals surface area contributed by atoms with Crippen LogP contribution in [-0.2, 0) is 17.5 Å². The van der Waals surface area contributed by atoms with Gasteiger partial charge in [0.15, 0.2) is 11.5 Å². The van der Waals surface area contributed by atoms with Crippen molar-refractivity contribution in [2.45, 2.75) is 38.1 Å². The minimum Gasteiger partial charge on any atom is -0.493 e. The number of fused-ring (bicyclic) bond motifs is 1. The second-order valence-electron chi connectivity index (χ2n) is 8.04. The highest BCUT2D eigenvalue weighted by atomic mass is 32.2. The highest BCUT2D eigenvalue weighted by molar-refractivity contribution is 7.82. The van der Waals surface area contributed by atoms with E-state index in [2.05, 4.69) is 41.3 Å². The van der Waals surface area contributed by atoms with Gasteiger partial charge in [0.25, 0.3) is 0 Å². The highest BCUT2D eigenvalue weighted by Crippen LogP contribution is 2.29. The van der Waals surface area contributed by atoms with E-state index < -0.39 is 11.0 Å². The van der Waals surface area contributed by atoms with Crippen LogP contribution in [0.25, 0.3) is 10.8 Å². The van der Waals surface area contributed by atoms with Gasteiger partial charge in [0.05, 0.1) is 19.1 Å². The van der Waals surface area contributed by atoms with E-state index in [-0.39, 0.29) is 0 Å². The van der Waals surface area contributed by atoms with Gasteiger partial charge in [0.2, 0.25) is 0 Å². The van der Waals surface area contributed by atoms with Crippen LogP contribution in [0.15, 0.2) is 65.6 Å². The zero-order chi connectivity index (χ0) is 23.6. The summed E-state index contributed by atoms with van der Waals surface area (Å²) in [5.74, 6) is 1.38. The van der Waals surface area contributed by atoms with E-state index >= 15 is 0 Å². The van der Waals surface area contributed by atoms with Gasteiger partial charge in [-0.1, -0.05) is 50.2 Å². The summed E-state index contributed by atoms with van der Waals surface area (Å²) in [5.41, 5.74) is 1.05. The summed E-state index contributed by atoms with van der Waals surface area (Å²) in [6, 6.07) is 20.2. The molecule has 0 heterocycles. The lowest BCUT2D eigenvalue weighted by Crippen LogP contribution is -2.28. The number of rotatable bonds is 13. The summed E-state index contributed by atoms with van der Waals surface area (Å²) >= 11 is 0. The first kappa shape index (κ1) is 25.2. The van der Waals surface area contributed by atoms with E-state index in [0.29, 0.717) is 18.0 Å². The topological polar surface area (TPSA) is 42.0 Å². The van der Waals surface area contributed by atoms with E-state index in [1.54, 1.807) is 14.2 Å². The number of ether oxygens (including phenoxy) is 2. The first-order chi connectivity index (χ1) is 16.1. The molecule has 3 rings (SSSR count). The van der Waals surface area contributed by atoms with Gasteiger partial charge >= 0.3 is 0 Å². The van der Waals surface area contributed by atoms with E-state index in [1.165, 1.54) is 0 Å². The zero-order valence-electron chi connectivity index (χ0n) is 20.3. The smallest absolute Gasteiger partial charge is 0.161 e. The van der Waals surface area contributed by atoms with Gasteiger partial charge in [-0.25, -0.2) is 8.51 Å². The lowest BCUT2D eigenvalue weighted by Gasteiger charge is -2.23. The molecule has 0 aliphatic heterocycles. The molecular formula is C27H36N2O3S. The van der Waals surface area contributed by atoms with Crippen LogP contribution in [-0.4, -0.2) is 53.8 Å². The molecule has 5 nitrogen and oxygen atoms in total. The number of hydrogen-bond acceptors (Lipinski definition) is 4. The Morgan fingerprint density at radius 3 is 2.18 bits per heavy atom. The molecular weight excluding hydrogens is 432 g/mol. The SMILES string of the molecule is CCN(CC)CCCCN(Cc1ccc(OC)c(OC)c1)S(=O)c1ccc2ccccc2c1.